The Labute approximate surface area is 154 Å². The molecule has 0 spiro atoms. The summed E-state index contributed by atoms with van der Waals surface area (Å²) in [7, 11) is 1.64. The number of aryl methyl sites for hydroxylation is 1. The number of hydrogen-bond acceptors (Lipinski definition) is 5. The third kappa shape index (κ3) is 5.20. The Bertz CT molecular complexity index is 728. The zero-order valence-corrected chi connectivity index (χ0v) is 16.3. The van der Waals surface area contributed by atoms with Crippen LogP contribution >= 0.6 is 0 Å². The van der Waals surface area contributed by atoms with Gasteiger partial charge in [0.25, 0.3) is 5.91 Å². The Hall–Kier alpha value is -2.59. The van der Waals surface area contributed by atoms with Gasteiger partial charge >= 0.3 is 5.97 Å². The molecule has 1 rings (SSSR count). The summed E-state index contributed by atoms with van der Waals surface area (Å²) in [5, 5.41) is 11.9. The highest BCUT2D eigenvalue weighted by atomic mass is 16.5. The molecule has 7 nitrogen and oxygen atoms in total. The van der Waals surface area contributed by atoms with Gasteiger partial charge in [0.15, 0.2) is 6.10 Å². The molecule has 1 heterocycles. The molecule has 1 N–H and O–H groups in total. The molecule has 1 amide bonds. The number of ether oxygens (including phenoxy) is 2. The number of likely N-dealkylation sites (N-methyl/N-ethyl adjacent to an activating group) is 1. The third-order valence-electron chi connectivity index (χ3n) is 4.02. The van der Waals surface area contributed by atoms with Crippen molar-refractivity contribution in [3.63, 3.8) is 0 Å². The van der Waals surface area contributed by atoms with Gasteiger partial charge in [0, 0.05) is 25.0 Å². The monoisotopic (exact) mass is 361 g/mol. The average Bonchev–Trinajstić information content (AvgIpc) is 2.86. The highest BCUT2D eigenvalue weighted by molar-refractivity contribution is 5.99. The van der Waals surface area contributed by atoms with Gasteiger partial charge < -0.3 is 19.4 Å². The first kappa shape index (κ1) is 21.5. The van der Waals surface area contributed by atoms with Crippen molar-refractivity contribution in [2.75, 3.05) is 20.3 Å². The minimum Gasteiger partial charge on any atom is -0.448 e. The summed E-state index contributed by atoms with van der Waals surface area (Å²) in [6.45, 7) is 10.1. The van der Waals surface area contributed by atoms with E-state index >= 15 is 0 Å². The lowest BCUT2D eigenvalue weighted by atomic mass is 10.1. The maximum absolute atomic E-state index is 12.2. The minimum atomic E-state index is -0.964. The van der Waals surface area contributed by atoms with Gasteiger partial charge in [-0.05, 0) is 52.3 Å². The molecule has 0 unspecified atom stereocenters. The molecule has 7 heteroatoms. The van der Waals surface area contributed by atoms with Crippen LogP contribution in [0.1, 0.15) is 43.8 Å². The zero-order chi connectivity index (χ0) is 19.9. The smallest absolute Gasteiger partial charge is 0.349 e. The first-order chi connectivity index (χ1) is 12.3. The highest BCUT2D eigenvalue weighted by Gasteiger charge is 2.21. The number of nitrogens with zero attached hydrogens (tertiary/aromatic N) is 2. The molecule has 0 aliphatic rings. The lowest BCUT2D eigenvalue weighted by Crippen LogP contribution is -2.35. The fourth-order valence-electron chi connectivity index (χ4n) is 2.83. The van der Waals surface area contributed by atoms with Crippen LogP contribution in [0.15, 0.2) is 11.6 Å². The van der Waals surface area contributed by atoms with Gasteiger partial charge in [0.2, 0.25) is 0 Å². The fourth-order valence-corrected chi connectivity index (χ4v) is 2.83. The number of esters is 1. The summed E-state index contributed by atoms with van der Waals surface area (Å²) in [4.78, 5) is 23.9. The molecule has 0 aliphatic heterocycles. The van der Waals surface area contributed by atoms with Gasteiger partial charge in [0.05, 0.1) is 12.6 Å². The van der Waals surface area contributed by atoms with Crippen molar-refractivity contribution in [2.45, 2.75) is 46.8 Å². The van der Waals surface area contributed by atoms with Crippen LogP contribution in [-0.4, -0.2) is 42.8 Å². The Balaban J connectivity index is 3.06. The van der Waals surface area contributed by atoms with E-state index in [1.165, 1.54) is 13.0 Å². The van der Waals surface area contributed by atoms with E-state index in [1.807, 2.05) is 32.9 Å². The van der Waals surface area contributed by atoms with Gasteiger partial charge in [-0.1, -0.05) is 0 Å². The molecule has 0 fully saturated rings. The number of amides is 1. The summed E-state index contributed by atoms with van der Waals surface area (Å²) >= 11 is 0. The van der Waals surface area contributed by atoms with Gasteiger partial charge in [-0.25, -0.2) is 4.79 Å². The van der Waals surface area contributed by atoms with Crippen LogP contribution in [0.25, 0.3) is 6.08 Å². The van der Waals surface area contributed by atoms with E-state index in [-0.39, 0.29) is 11.6 Å². The molecule has 0 radical (unpaired) electrons. The Morgan fingerprint density at radius 3 is 2.58 bits per heavy atom. The molecule has 26 heavy (non-hydrogen) atoms. The van der Waals surface area contributed by atoms with Crippen molar-refractivity contribution in [3.8, 4) is 6.07 Å². The van der Waals surface area contributed by atoms with Crippen molar-refractivity contribution in [1.82, 2.24) is 9.88 Å². The number of aromatic nitrogens is 1. The average molecular weight is 361 g/mol. The number of nitriles is 1. The van der Waals surface area contributed by atoms with E-state index in [4.69, 9.17) is 9.47 Å². The number of carbonyl (C=O) groups is 2. The first-order valence-corrected chi connectivity index (χ1v) is 8.54. The van der Waals surface area contributed by atoms with E-state index in [0.29, 0.717) is 13.2 Å². The van der Waals surface area contributed by atoms with Crippen molar-refractivity contribution in [2.24, 2.45) is 0 Å². The van der Waals surface area contributed by atoms with Crippen molar-refractivity contribution in [1.29, 1.82) is 5.26 Å². The van der Waals surface area contributed by atoms with Crippen molar-refractivity contribution < 1.29 is 19.1 Å². The van der Waals surface area contributed by atoms with E-state index < -0.39 is 18.0 Å². The SMILES string of the molecule is CCNC(=O)[C@@H](C)OC(=O)/C(C#N)=C/c1cc(C)n([C@@H](C)COC)c1C. The number of nitrogens with one attached hydrogen (secondary N) is 1. The standard InChI is InChI=1S/C19H27N3O4/c1-7-21-18(23)15(5)26-19(24)17(10-20)9-16-8-12(2)22(14(16)4)13(3)11-25-6/h8-9,13,15H,7,11H2,1-6H3,(H,21,23)/b17-9+/t13-,15+/m0/s1. The number of methoxy groups -OCH3 is 1. The van der Waals surface area contributed by atoms with Crippen LogP contribution in [0.5, 0.6) is 0 Å². The second-order valence-electron chi connectivity index (χ2n) is 6.11. The molecule has 0 saturated heterocycles. The summed E-state index contributed by atoms with van der Waals surface area (Å²) < 4.78 is 12.4. The predicted molar refractivity (Wildman–Crippen MR) is 98.3 cm³/mol. The number of carbonyl (C=O) groups excluding carboxylic acids is 2. The van der Waals surface area contributed by atoms with Crippen LogP contribution in [0.2, 0.25) is 0 Å². The minimum absolute atomic E-state index is 0.123. The molecule has 1 aromatic heterocycles. The van der Waals surface area contributed by atoms with Crippen LogP contribution in [-0.2, 0) is 19.1 Å². The molecular formula is C19H27N3O4. The van der Waals surface area contributed by atoms with Crippen molar-refractivity contribution >= 4 is 18.0 Å². The molecule has 0 aliphatic carbocycles. The second kappa shape index (κ2) is 9.78. The quantitative estimate of drug-likeness (QED) is 0.436. The second-order valence-corrected chi connectivity index (χ2v) is 6.11. The fraction of sp³-hybridized carbons (Fsp3) is 0.526. The van der Waals surface area contributed by atoms with E-state index in [1.54, 1.807) is 14.0 Å². The van der Waals surface area contributed by atoms with Gasteiger partial charge in [-0.15, -0.1) is 0 Å². The largest absolute Gasteiger partial charge is 0.448 e. The normalized spacial score (nSPS) is 13.7. The van der Waals surface area contributed by atoms with Gasteiger partial charge in [0.1, 0.15) is 11.6 Å². The summed E-state index contributed by atoms with van der Waals surface area (Å²) in [5.41, 5.74) is 2.52. The Morgan fingerprint density at radius 2 is 2.04 bits per heavy atom. The summed E-state index contributed by atoms with van der Waals surface area (Å²) in [5.74, 6) is -1.22. The topological polar surface area (TPSA) is 93.4 Å². The maximum Gasteiger partial charge on any atom is 0.349 e. The lowest BCUT2D eigenvalue weighted by Gasteiger charge is -2.17. The van der Waals surface area contributed by atoms with Crippen LogP contribution < -0.4 is 5.32 Å². The highest BCUT2D eigenvalue weighted by Crippen LogP contribution is 2.23. The summed E-state index contributed by atoms with van der Waals surface area (Å²) in [6, 6.07) is 3.88. The molecule has 0 saturated carbocycles. The van der Waals surface area contributed by atoms with E-state index in [9.17, 15) is 14.9 Å². The van der Waals surface area contributed by atoms with Crippen LogP contribution in [0.3, 0.4) is 0 Å². The number of hydrogen-bond donors (Lipinski definition) is 1. The Morgan fingerprint density at radius 1 is 1.38 bits per heavy atom. The summed E-state index contributed by atoms with van der Waals surface area (Å²) in [6.07, 6.45) is 0.527. The van der Waals surface area contributed by atoms with Gasteiger partial charge in [-0.3, -0.25) is 4.79 Å². The molecule has 1 aromatic rings. The molecule has 0 aromatic carbocycles. The maximum atomic E-state index is 12.2. The zero-order valence-electron chi connectivity index (χ0n) is 16.3. The van der Waals surface area contributed by atoms with Crippen LogP contribution in [0.4, 0.5) is 0 Å². The third-order valence-corrected chi connectivity index (χ3v) is 4.02. The molecule has 2 atom stereocenters. The van der Waals surface area contributed by atoms with E-state index in [0.717, 1.165) is 17.0 Å². The van der Waals surface area contributed by atoms with Crippen molar-refractivity contribution in [3.05, 3.63) is 28.6 Å². The molecule has 0 bridgehead atoms. The lowest BCUT2D eigenvalue weighted by molar-refractivity contribution is -0.150. The van der Waals surface area contributed by atoms with E-state index in [2.05, 4.69) is 9.88 Å². The molecule has 142 valence electrons. The first-order valence-electron chi connectivity index (χ1n) is 8.54. The van der Waals surface area contributed by atoms with Gasteiger partial charge in [-0.2, -0.15) is 5.26 Å². The Kier molecular flexibility index (Phi) is 8.07. The molecular weight excluding hydrogens is 334 g/mol. The predicted octanol–water partition coefficient (Wildman–Crippen LogP) is 2.29. The van der Waals surface area contributed by atoms with Crippen LogP contribution in [0, 0.1) is 25.2 Å². The number of rotatable bonds is 8.